The molecule has 15 heavy (non-hydrogen) atoms. The minimum atomic E-state index is -0.912. The third-order valence-electron chi connectivity index (χ3n) is 2.01. The minimum Gasteiger partial charge on any atom is -0.319 e. The SMILES string of the molecule is NC(c1csnn1)c1c(F)cccc1F. The Hall–Kier alpha value is -1.40. The van der Waals surface area contributed by atoms with E-state index in [1.54, 1.807) is 5.38 Å². The Morgan fingerprint density at radius 3 is 2.47 bits per heavy atom. The van der Waals surface area contributed by atoms with Crippen molar-refractivity contribution in [2.45, 2.75) is 6.04 Å². The molecule has 2 N–H and O–H groups in total. The van der Waals surface area contributed by atoms with E-state index in [0.717, 1.165) is 23.7 Å². The quantitative estimate of drug-likeness (QED) is 0.852. The van der Waals surface area contributed by atoms with E-state index in [0.29, 0.717) is 5.69 Å². The number of nitrogens with zero attached hydrogens (tertiary/aromatic N) is 2. The van der Waals surface area contributed by atoms with Crippen LogP contribution in [0.25, 0.3) is 0 Å². The van der Waals surface area contributed by atoms with Gasteiger partial charge in [-0.1, -0.05) is 10.6 Å². The number of benzene rings is 1. The molecule has 1 unspecified atom stereocenters. The van der Waals surface area contributed by atoms with Crippen molar-refractivity contribution in [1.29, 1.82) is 0 Å². The number of aromatic nitrogens is 2. The van der Waals surface area contributed by atoms with Crippen molar-refractivity contribution in [3.63, 3.8) is 0 Å². The van der Waals surface area contributed by atoms with E-state index in [2.05, 4.69) is 9.59 Å². The van der Waals surface area contributed by atoms with Gasteiger partial charge in [0.15, 0.2) is 0 Å². The van der Waals surface area contributed by atoms with Crippen LogP contribution >= 0.6 is 11.5 Å². The highest BCUT2D eigenvalue weighted by molar-refractivity contribution is 7.03. The van der Waals surface area contributed by atoms with Crippen molar-refractivity contribution in [3.05, 3.63) is 46.5 Å². The number of halogens is 2. The van der Waals surface area contributed by atoms with Gasteiger partial charge in [-0.25, -0.2) is 8.78 Å². The molecule has 0 aliphatic heterocycles. The molecule has 78 valence electrons. The lowest BCUT2D eigenvalue weighted by atomic mass is 10.0. The summed E-state index contributed by atoms with van der Waals surface area (Å²) in [6, 6.07) is 2.71. The van der Waals surface area contributed by atoms with Gasteiger partial charge in [-0.3, -0.25) is 0 Å². The van der Waals surface area contributed by atoms with Gasteiger partial charge in [0.25, 0.3) is 0 Å². The molecule has 1 aromatic carbocycles. The van der Waals surface area contributed by atoms with E-state index in [1.807, 2.05) is 0 Å². The summed E-state index contributed by atoms with van der Waals surface area (Å²) in [6.07, 6.45) is 0. The summed E-state index contributed by atoms with van der Waals surface area (Å²) in [5, 5.41) is 5.25. The summed E-state index contributed by atoms with van der Waals surface area (Å²) in [7, 11) is 0. The third-order valence-corrected chi connectivity index (χ3v) is 2.53. The molecule has 2 rings (SSSR count). The summed E-state index contributed by atoms with van der Waals surface area (Å²) in [5.41, 5.74) is 5.88. The van der Waals surface area contributed by atoms with Crippen LogP contribution in [0, 0.1) is 11.6 Å². The van der Waals surface area contributed by atoms with Crippen LogP contribution in [0.15, 0.2) is 23.6 Å². The molecule has 0 amide bonds. The third kappa shape index (κ3) is 1.86. The van der Waals surface area contributed by atoms with Gasteiger partial charge < -0.3 is 5.73 Å². The molecule has 0 aliphatic carbocycles. The van der Waals surface area contributed by atoms with Crippen LogP contribution in [-0.4, -0.2) is 9.59 Å². The predicted molar refractivity (Wildman–Crippen MR) is 52.3 cm³/mol. The average Bonchev–Trinajstić information content (AvgIpc) is 2.69. The lowest BCUT2D eigenvalue weighted by Crippen LogP contribution is -2.16. The molecule has 6 heteroatoms. The molecule has 3 nitrogen and oxygen atoms in total. The van der Waals surface area contributed by atoms with Crippen molar-refractivity contribution >= 4 is 11.5 Å². The average molecular weight is 227 g/mol. The second-order valence-electron chi connectivity index (χ2n) is 2.94. The smallest absolute Gasteiger partial charge is 0.131 e. The van der Waals surface area contributed by atoms with E-state index in [-0.39, 0.29) is 5.56 Å². The highest BCUT2D eigenvalue weighted by Gasteiger charge is 2.19. The minimum absolute atomic E-state index is 0.176. The summed E-state index contributed by atoms with van der Waals surface area (Å²) >= 11 is 1.09. The van der Waals surface area contributed by atoms with Crippen molar-refractivity contribution < 1.29 is 8.78 Å². The van der Waals surface area contributed by atoms with Crippen LogP contribution < -0.4 is 5.73 Å². The van der Waals surface area contributed by atoms with Crippen molar-refractivity contribution in [1.82, 2.24) is 9.59 Å². The highest BCUT2D eigenvalue weighted by Crippen LogP contribution is 2.23. The summed E-state index contributed by atoms with van der Waals surface area (Å²) in [4.78, 5) is 0. The molecular formula is C9H7F2N3S. The lowest BCUT2D eigenvalue weighted by molar-refractivity contribution is 0.540. The highest BCUT2D eigenvalue weighted by atomic mass is 32.1. The maximum absolute atomic E-state index is 13.3. The van der Waals surface area contributed by atoms with Crippen LogP contribution in [0.1, 0.15) is 17.3 Å². The second kappa shape index (κ2) is 4.00. The normalized spacial score (nSPS) is 12.7. The monoisotopic (exact) mass is 227 g/mol. The van der Waals surface area contributed by atoms with Gasteiger partial charge in [0.05, 0.1) is 11.7 Å². The fourth-order valence-corrected chi connectivity index (χ4v) is 1.75. The predicted octanol–water partition coefficient (Wildman–Crippen LogP) is 1.86. The van der Waals surface area contributed by atoms with Crippen LogP contribution in [0.4, 0.5) is 8.78 Å². The molecule has 0 fully saturated rings. The first kappa shape index (κ1) is 10.1. The zero-order chi connectivity index (χ0) is 10.8. The largest absolute Gasteiger partial charge is 0.319 e. The van der Waals surface area contributed by atoms with E-state index in [1.165, 1.54) is 6.07 Å². The summed E-state index contributed by atoms with van der Waals surface area (Å²) in [5.74, 6) is -1.34. The fraction of sp³-hybridized carbons (Fsp3) is 0.111. The van der Waals surface area contributed by atoms with E-state index >= 15 is 0 Å². The number of nitrogens with two attached hydrogens (primary N) is 1. The molecule has 0 saturated heterocycles. The number of rotatable bonds is 2. The molecular weight excluding hydrogens is 220 g/mol. The molecule has 2 aromatic rings. The number of hydrogen-bond acceptors (Lipinski definition) is 4. The Morgan fingerprint density at radius 1 is 1.27 bits per heavy atom. The topological polar surface area (TPSA) is 51.8 Å². The van der Waals surface area contributed by atoms with Gasteiger partial charge >= 0.3 is 0 Å². The zero-order valence-corrected chi connectivity index (χ0v) is 8.34. The van der Waals surface area contributed by atoms with Crippen LogP contribution in [0.5, 0.6) is 0 Å². The maximum atomic E-state index is 13.3. The van der Waals surface area contributed by atoms with Crippen LogP contribution in [0.2, 0.25) is 0 Å². The second-order valence-corrected chi connectivity index (χ2v) is 3.55. The van der Waals surface area contributed by atoms with Crippen molar-refractivity contribution in [2.24, 2.45) is 5.73 Å². The Labute approximate surface area is 88.7 Å². The molecule has 0 aliphatic rings. The fourth-order valence-electron chi connectivity index (χ4n) is 1.26. The van der Waals surface area contributed by atoms with Gasteiger partial charge in [0.1, 0.15) is 11.6 Å². The van der Waals surface area contributed by atoms with Gasteiger partial charge in [0.2, 0.25) is 0 Å². The zero-order valence-electron chi connectivity index (χ0n) is 7.52. The summed E-state index contributed by atoms with van der Waals surface area (Å²) < 4.78 is 30.3. The molecule has 0 saturated carbocycles. The lowest BCUT2D eigenvalue weighted by Gasteiger charge is -2.10. The van der Waals surface area contributed by atoms with Crippen LogP contribution in [0.3, 0.4) is 0 Å². The molecule has 0 bridgehead atoms. The molecule has 1 aromatic heterocycles. The molecule has 0 spiro atoms. The van der Waals surface area contributed by atoms with Gasteiger partial charge in [-0.2, -0.15) is 0 Å². The first-order valence-corrected chi connectivity index (χ1v) is 5.00. The van der Waals surface area contributed by atoms with Crippen molar-refractivity contribution in [3.8, 4) is 0 Å². The van der Waals surface area contributed by atoms with Crippen molar-refractivity contribution in [2.75, 3.05) is 0 Å². The van der Waals surface area contributed by atoms with Gasteiger partial charge in [-0.05, 0) is 23.7 Å². The van der Waals surface area contributed by atoms with E-state index < -0.39 is 17.7 Å². The number of hydrogen-bond donors (Lipinski definition) is 1. The van der Waals surface area contributed by atoms with Crippen LogP contribution in [-0.2, 0) is 0 Å². The van der Waals surface area contributed by atoms with E-state index in [4.69, 9.17) is 5.73 Å². The van der Waals surface area contributed by atoms with E-state index in [9.17, 15) is 8.78 Å². The first-order chi connectivity index (χ1) is 7.20. The Kier molecular flexibility index (Phi) is 2.70. The van der Waals surface area contributed by atoms with Gasteiger partial charge in [0, 0.05) is 10.9 Å². The Balaban J connectivity index is 2.46. The molecule has 0 radical (unpaired) electrons. The standard InChI is InChI=1S/C9H7F2N3S/c10-5-2-1-3-6(11)8(5)9(12)7-4-15-14-13-7/h1-4,9H,12H2. The van der Waals surface area contributed by atoms with Gasteiger partial charge in [-0.15, -0.1) is 5.10 Å². The first-order valence-electron chi connectivity index (χ1n) is 4.16. The molecule has 1 atom stereocenters. The molecule has 1 heterocycles. The Bertz CT molecular complexity index is 438. The Morgan fingerprint density at radius 2 is 1.93 bits per heavy atom. The summed E-state index contributed by atoms with van der Waals surface area (Å²) in [6.45, 7) is 0. The maximum Gasteiger partial charge on any atom is 0.131 e.